The fraction of sp³-hybridized carbons (Fsp3) is 0.571. The predicted molar refractivity (Wildman–Crippen MR) is 84.1 cm³/mol. The van der Waals surface area contributed by atoms with Crippen LogP contribution < -0.4 is 5.32 Å². The molecule has 1 aliphatic rings. The summed E-state index contributed by atoms with van der Waals surface area (Å²) in [6.45, 7) is 2.71. The van der Waals surface area contributed by atoms with Gasteiger partial charge in [0.05, 0.1) is 0 Å². The molecule has 1 atom stereocenters. The minimum absolute atomic E-state index is 0.0267. The summed E-state index contributed by atoms with van der Waals surface area (Å²) in [7, 11) is -2.10. The highest BCUT2D eigenvalue weighted by Crippen LogP contribution is 2.31. The van der Waals surface area contributed by atoms with Crippen LogP contribution in [0.3, 0.4) is 0 Å². The molecule has 2 rings (SSSR count). The van der Waals surface area contributed by atoms with Crippen molar-refractivity contribution < 1.29 is 12.8 Å². The van der Waals surface area contributed by atoms with Gasteiger partial charge in [-0.3, -0.25) is 0 Å². The maximum absolute atomic E-state index is 14.6. The molecule has 1 aromatic rings. The van der Waals surface area contributed by atoms with Crippen molar-refractivity contribution in [3.05, 3.63) is 28.0 Å². The second kappa shape index (κ2) is 6.73. The van der Waals surface area contributed by atoms with Crippen LogP contribution in [0.2, 0.25) is 0 Å². The summed E-state index contributed by atoms with van der Waals surface area (Å²) in [6.07, 6.45) is 2.42. The summed E-state index contributed by atoms with van der Waals surface area (Å²) in [4.78, 5) is -0.234. The molecule has 7 heteroatoms. The number of rotatable bonds is 5. The standard InChI is InChI=1S/C14H20BrFN2O2S/c1-3-12-5-4-6-18(12)21(19,20)13-8-11(15)7-10(9-17-2)14(13)16/h7-8,12,17H,3-6,9H2,1-2H3. The zero-order chi connectivity index (χ0) is 15.6. The smallest absolute Gasteiger partial charge is 0.246 e. The third-order valence-corrected chi connectivity index (χ3v) is 6.24. The van der Waals surface area contributed by atoms with Gasteiger partial charge in [-0.25, -0.2) is 12.8 Å². The molecule has 1 aliphatic heterocycles. The highest BCUT2D eigenvalue weighted by molar-refractivity contribution is 9.10. The number of benzene rings is 1. The summed E-state index contributed by atoms with van der Waals surface area (Å²) in [5.41, 5.74) is 0.345. The molecule has 0 bridgehead atoms. The highest BCUT2D eigenvalue weighted by atomic mass is 79.9. The Bertz CT molecular complexity index is 622. The monoisotopic (exact) mass is 378 g/mol. The van der Waals surface area contributed by atoms with Gasteiger partial charge in [0.25, 0.3) is 0 Å². The molecule has 1 unspecified atom stereocenters. The largest absolute Gasteiger partial charge is 0.316 e. The van der Waals surface area contributed by atoms with Crippen LogP contribution in [0.25, 0.3) is 0 Å². The van der Waals surface area contributed by atoms with E-state index in [2.05, 4.69) is 21.2 Å². The molecule has 0 spiro atoms. The molecule has 1 saturated heterocycles. The van der Waals surface area contributed by atoms with Crippen LogP contribution in [0.4, 0.5) is 4.39 Å². The zero-order valence-corrected chi connectivity index (χ0v) is 14.6. The first-order valence-corrected chi connectivity index (χ1v) is 9.29. The Labute approximate surface area is 133 Å². The van der Waals surface area contributed by atoms with Crippen molar-refractivity contribution in [2.45, 2.75) is 43.7 Å². The fourth-order valence-electron chi connectivity index (χ4n) is 2.78. The van der Waals surface area contributed by atoms with Crippen molar-refractivity contribution in [1.82, 2.24) is 9.62 Å². The summed E-state index contributed by atoms with van der Waals surface area (Å²) >= 11 is 3.27. The van der Waals surface area contributed by atoms with Gasteiger partial charge in [-0.15, -0.1) is 0 Å². The van der Waals surface area contributed by atoms with Gasteiger partial charge in [-0.1, -0.05) is 22.9 Å². The minimum Gasteiger partial charge on any atom is -0.316 e. The number of hydrogen-bond acceptors (Lipinski definition) is 3. The number of halogens is 2. The molecule has 118 valence electrons. The van der Waals surface area contributed by atoms with Gasteiger partial charge in [0.1, 0.15) is 10.7 Å². The lowest BCUT2D eigenvalue weighted by molar-refractivity contribution is 0.377. The number of nitrogens with zero attached hydrogens (tertiary/aromatic N) is 1. The van der Waals surface area contributed by atoms with Gasteiger partial charge in [0, 0.05) is 29.2 Å². The molecule has 0 amide bonds. The van der Waals surface area contributed by atoms with E-state index in [1.165, 1.54) is 10.4 Å². The molecule has 1 fully saturated rings. The van der Waals surface area contributed by atoms with Crippen LogP contribution >= 0.6 is 15.9 Å². The Hall–Kier alpha value is -0.500. The molecule has 1 aromatic carbocycles. The van der Waals surface area contributed by atoms with Crippen molar-refractivity contribution in [1.29, 1.82) is 0 Å². The lowest BCUT2D eigenvalue weighted by atomic mass is 10.2. The van der Waals surface area contributed by atoms with E-state index in [1.807, 2.05) is 6.92 Å². The fourth-order valence-corrected chi connectivity index (χ4v) is 5.34. The molecule has 1 N–H and O–H groups in total. The van der Waals surface area contributed by atoms with E-state index in [1.54, 1.807) is 13.1 Å². The quantitative estimate of drug-likeness (QED) is 0.856. The Balaban J connectivity index is 2.49. The van der Waals surface area contributed by atoms with Gasteiger partial charge >= 0.3 is 0 Å². The lowest BCUT2D eigenvalue weighted by Gasteiger charge is -2.23. The molecule has 0 saturated carbocycles. The topological polar surface area (TPSA) is 49.4 Å². The number of hydrogen-bond donors (Lipinski definition) is 1. The first-order valence-electron chi connectivity index (χ1n) is 7.06. The van der Waals surface area contributed by atoms with Gasteiger partial charge in [-0.05, 0) is 38.4 Å². The average molecular weight is 379 g/mol. The van der Waals surface area contributed by atoms with Gasteiger partial charge in [-0.2, -0.15) is 4.31 Å². The van der Waals surface area contributed by atoms with E-state index >= 15 is 0 Å². The lowest BCUT2D eigenvalue weighted by Crippen LogP contribution is -2.35. The van der Waals surface area contributed by atoms with E-state index in [4.69, 9.17) is 0 Å². The van der Waals surface area contributed by atoms with E-state index in [0.29, 0.717) is 16.6 Å². The third-order valence-electron chi connectivity index (χ3n) is 3.83. The molecule has 0 aliphatic carbocycles. The van der Waals surface area contributed by atoms with Gasteiger partial charge in [0.15, 0.2) is 0 Å². The Kier molecular flexibility index (Phi) is 5.40. The van der Waals surface area contributed by atoms with Crippen LogP contribution in [-0.2, 0) is 16.6 Å². The molecular weight excluding hydrogens is 359 g/mol. The zero-order valence-electron chi connectivity index (χ0n) is 12.2. The molecule has 0 radical (unpaired) electrons. The average Bonchev–Trinajstić information content (AvgIpc) is 2.91. The third kappa shape index (κ3) is 3.31. The predicted octanol–water partition coefficient (Wildman–Crippen LogP) is 2.87. The maximum Gasteiger partial charge on any atom is 0.246 e. The van der Waals surface area contributed by atoms with Gasteiger partial charge < -0.3 is 5.32 Å². The summed E-state index contributed by atoms with van der Waals surface area (Å²) in [6, 6.07) is 2.93. The first kappa shape index (κ1) is 16.9. The molecule has 0 aromatic heterocycles. The van der Waals surface area contributed by atoms with Crippen molar-refractivity contribution in [2.75, 3.05) is 13.6 Å². The van der Waals surface area contributed by atoms with Crippen molar-refractivity contribution in [2.24, 2.45) is 0 Å². The second-order valence-corrected chi connectivity index (χ2v) is 8.00. The van der Waals surface area contributed by atoms with E-state index in [0.717, 1.165) is 19.3 Å². The Morgan fingerprint density at radius 3 is 2.81 bits per heavy atom. The van der Waals surface area contributed by atoms with Crippen molar-refractivity contribution in [3.63, 3.8) is 0 Å². The highest BCUT2D eigenvalue weighted by Gasteiger charge is 2.36. The summed E-state index contributed by atoms with van der Waals surface area (Å²) < 4.78 is 42.1. The van der Waals surface area contributed by atoms with Crippen LogP contribution in [0.1, 0.15) is 31.7 Å². The van der Waals surface area contributed by atoms with Gasteiger partial charge in [0.2, 0.25) is 10.0 Å². The summed E-state index contributed by atoms with van der Waals surface area (Å²) in [5.74, 6) is -0.658. The molecule has 1 heterocycles. The van der Waals surface area contributed by atoms with Crippen LogP contribution in [0.5, 0.6) is 0 Å². The van der Waals surface area contributed by atoms with Crippen molar-refractivity contribution in [3.8, 4) is 0 Å². The Morgan fingerprint density at radius 1 is 1.48 bits per heavy atom. The maximum atomic E-state index is 14.6. The molecule has 4 nitrogen and oxygen atoms in total. The van der Waals surface area contributed by atoms with Crippen LogP contribution in [0, 0.1) is 5.82 Å². The van der Waals surface area contributed by atoms with Crippen LogP contribution in [-0.4, -0.2) is 32.4 Å². The Morgan fingerprint density at radius 2 is 2.19 bits per heavy atom. The number of sulfonamides is 1. The van der Waals surface area contributed by atoms with Crippen molar-refractivity contribution >= 4 is 26.0 Å². The molecular formula is C14H20BrFN2O2S. The normalized spacial score (nSPS) is 20.1. The van der Waals surface area contributed by atoms with Crippen LogP contribution in [0.15, 0.2) is 21.5 Å². The van der Waals surface area contributed by atoms with E-state index in [9.17, 15) is 12.8 Å². The van der Waals surface area contributed by atoms with E-state index < -0.39 is 15.8 Å². The number of nitrogens with one attached hydrogen (secondary N) is 1. The minimum atomic E-state index is -3.79. The first-order chi connectivity index (χ1) is 9.91. The molecule has 21 heavy (non-hydrogen) atoms. The van der Waals surface area contributed by atoms with E-state index in [-0.39, 0.29) is 17.5 Å². The SMILES string of the molecule is CCC1CCCN1S(=O)(=O)c1cc(Br)cc(CNC)c1F. The second-order valence-electron chi connectivity index (χ2n) is 5.23. The summed E-state index contributed by atoms with van der Waals surface area (Å²) in [5, 5.41) is 2.85.